The molecule has 24 heavy (non-hydrogen) atoms. The summed E-state index contributed by atoms with van der Waals surface area (Å²) in [7, 11) is -3.38. The number of ketones is 1. The zero-order chi connectivity index (χ0) is 17.9. The highest BCUT2D eigenvalue weighted by Crippen LogP contribution is 2.23. The lowest BCUT2D eigenvalue weighted by atomic mass is 10.1. The molecule has 128 valence electrons. The molecule has 0 aromatic heterocycles. The molecule has 5 nitrogen and oxygen atoms in total. The summed E-state index contributed by atoms with van der Waals surface area (Å²) >= 11 is 5.67. The van der Waals surface area contributed by atoms with Crippen molar-refractivity contribution in [1.82, 2.24) is 0 Å². The highest BCUT2D eigenvalue weighted by molar-refractivity contribution is 7.92. The molecule has 2 rings (SSSR count). The van der Waals surface area contributed by atoms with Gasteiger partial charge < -0.3 is 4.74 Å². The van der Waals surface area contributed by atoms with Gasteiger partial charge >= 0.3 is 0 Å². The van der Waals surface area contributed by atoms with E-state index in [1.54, 1.807) is 6.92 Å². The highest BCUT2D eigenvalue weighted by Gasteiger charge is 2.17. The molecule has 2 aromatic rings. The van der Waals surface area contributed by atoms with Gasteiger partial charge in [0.25, 0.3) is 0 Å². The van der Waals surface area contributed by atoms with Gasteiger partial charge in [-0.3, -0.25) is 9.52 Å². The van der Waals surface area contributed by atoms with E-state index < -0.39 is 21.9 Å². The smallest absolute Gasteiger partial charge is 0.229 e. The van der Waals surface area contributed by atoms with Crippen LogP contribution in [0.5, 0.6) is 5.75 Å². The molecule has 1 N–H and O–H groups in total. The Bertz CT molecular complexity index is 853. The molecular weight excluding hydrogens is 357 g/mol. The number of anilines is 1. The average Bonchev–Trinajstić information content (AvgIpc) is 2.49. The monoisotopic (exact) mass is 371 g/mol. The Labute approximate surface area is 144 Å². The molecule has 0 aliphatic rings. The zero-order valence-corrected chi connectivity index (χ0v) is 14.5. The van der Waals surface area contributed by atoms with Gasteiger partial charge in [-0.25, -0.2) is 12.8 Å². The third-order valence-corrected chi connectivity index (χ3v) is 3.94. The summed E-state index contributed by atoms with van der Waals surface area (Å²) in [6, 6.07) is 9.77. The lowest BCUT2D eigenvalue weighted by Crippen LogP contribution is -2.24. The van der Waals surface area contributed by atoms with Gasteiger partial charge in [0, 0.05) is 17.3 Å². The second-order valence-corrected chi connectivity index (χ2v) is 7.31. The number of ether oxygens (including phenoxy) is 1. The van der Waals surface area contributed by atoms with Gasteiger partial charge in [-0.2, -0.15) is 0 Å². The molecular formula is C16H15ClFNO4S. The van der Waals surface area contributed by atoms with Gasteiger partial charge in [-0.05, 0) is 43.3 Å². The van der Waals surface area contributed by atoms with Gasteiger partial charge in [0.2, 0.25) is 15.8 Å². The highest BCUT2D eigenvalue weighted by atomic mass is 35.5. The van der Waals surface area contributed by atoms with Gasteiger partial charge in [-0.1, -0.05) is 11.6 Å². The third kappa shape index (κ3) is 4.94. The molecule has 0 aliphatic carbocycles. The predicted octanol–water partition coefficient (Wildman–Crippen LogP) is 3.50. The van der Waals surface area contributed by atoms with Gasteiger partial charge in [0.05, 0.1) is 11.3 Å². The minimum Gasteiger partial charge on any atom is -0.483 e. The van der Waals surface area contributed by atoms with E-state index in [4.69, 9.17) is 16.3 Å². The van der Waals surface area contributed by atoms with Crippen LogP contribution in [0.4, 0.5) is 10.1 Å². The number of Topliss-reactive ketones (excluding diaryl/α,β-unsaturated/α-hetero) is 1. The minimum atomic E-state index is -3.38. The molecule has 0 radical (unpaired) electrons. The number of hydrogen-bond donors (Lipinski definition) is 1. The fraction of sp³-hybridized carbons (Fsp3) is 0.188. The fourth-order valence-corrected chi connectivity index (χ4v) is 2.69. The number of nitrogens with one attached hydrogen (secondary N) is 1. The molecule has 0 unspecified atom stereocenters. The third-order valence-electron chi connectivity index (χ3n) is 3.05. The first-order valence-corrected chi connectivity index (χ1v) is 9.16. The Hall–Kier alpha value is -2.12. The number of carbonyl (C=O) groups is 1. The van der Waals surface area contributed by atoms with Crippen molar-refractivity contribution in [3.05, 3.63) is 58.9 Å². The van der Waals surface area contributed by atoms with E-state index in [1.165, 1.54) is 36.4 Å². The maximum absolute atomic E-state index is 13.1. The molecule has 0 spiro atoms. The first-order chi connectivity index (χ1) is 11.2. The SMILES string of the molecule is C[C@H](Oc1ccc(F)c(Cl)c1)C(=O)c1ccc(NS(C)(=O)=O)cc1. The Balaban J connectivity index is 2.08. The summed E-state index contributed by atoms with van der Waals surface area (Å²) in [6.07, 6.45) is 0.218. The fourth-order valence-electron chi connectivity index (χ4n) is 1.96. The second-order valence-electron chi connectivity index (χ2n) is 5.15. The molecule has 0 bridgehead atoms. The van der Waals surface area contributed by atoms with Crippen LogP contribution in [-0.2, 0) is 10.0 Å². The first-order valence-electron chi connectivity index (χ1n) is 6.89. The van der Waals surface area contributed by atoms with Gasteiger partial charge in [0.15, 0.2) is 6.10 Å². The van der Waals surface area contributed by atoms with E-state index in [0.29, 0.717) is 11.3 Å². The van der Waals surface area contributed by atoms with Crippen LogP contribution in [0.1, 0.15) is 17.3 Å². The van der Waals surface area contributed by atoms with Gasteiger partial charge in [0.1, 0.15) is 11.6 Å². The van der Waals surface area contributed by atoms with Crippen LogP contribution in [0.3, 0.4) is 0 Å². The summed E-state index contributed by atoms with van der Waals surface area (Å²) in [6.45, 7) is 1.56. The predicted molar refractivity (Wildman–Crippen MR) is 90.7 cm³/mol. The zero-order valence-electron chi connectivity index (χ0n) is 12.9. The first kappa shape index (κ1) is 18.2. The summed E-state index contributed by atoms with van der Waals surface area (Å²) in [5.41, 5.74) is 0.711. The molecule has 0 saturated carbocycles. The van der Waals surface area contributed by atoms with Crippen LogP contribution < -0.4 is 9.46 Å². The number of halogens is 2. The van der Waals surface area contributed by atoms with Crippen LogP contribution in [-0.4, -0.2) is 26.6 Å². The van der Waals surface area contributed by atoms with Crippen molar-refractivity contribution >= 4 is 33.1 Å². The van der Waals surface area contributed by atoms with E-state index in [2.05, 4.69) is 4.72 Å². The second kappa shape index (κ2) is 7.19. The largest absolute Gasteiger partial charge is 0.483 e. The summed E-state index contributed by atoms with van der Waals surface area (Å²) in [5.74, 6) is -0.601. The Morgan fingerprint density at radius 1 is 1.21 bits per heavy atom. The molecule has 2 aromatic carbocycles. The van der Waals surface area contributed by atoms with Crippen LogP contribution in [0.15, 0.2) is 42.5 Å². The summed E-state index contributed by atoms with van der Waals surface area (Å²) < 4.78 is 43.2. The molecule has 0 amide bonds. The van der Waals surface area contributed by atoms with Crippen molar-refractivity contribution in [2.75, 3.05) is 11.0 Å². The normalized spacial score (nSPS) is 12.5. The van der Waals surface area contributed by atoms with E-state index in [0.717, 1.165) is 12.3 Å². The van der Waals surface area contributed by atoms with Crippen LogP contribution in [0.25, 0.3) is 0 Å². The molecule has 0 heterocycles. The Morgan fingerprint density at radius 2 is 1.83 bits per heavy atom. The quantitative estimate of drug-likeness (QED) is 0.789. The lowest BCUT2D eigenvalue weighted by Gasteiger charge is -2.14. The van der Waals surface area contributed by atoms with Gasteiger partial charge in [-0.15, -0.1) is 0 Å². The van der Waals surface area contributed by atoms with E-state index >= 15 is 0 Å². The van der Waals surface area contributed by atoms with E-state index in [1.807, 2.05) is 0 Å². The Kier molecular flexibility index (Phi) is 5.46. The Morgan fingerprint density at radius 3 is 2.38 bits per heavy atom. The van der Waals surface area contributed by atoms with E-state index in [9.17, 15) is 17.6 Å². The molecule has 0 saturated heterocycles. The standard InChI is InChI=1S/C16H15ClFNO4S/c1-10(23-13-7-8-15(18)14(17)9-13)16(20)11-3-5-12(6-4-11)19-24(2,21)22/h3-10,19H,1-2H3/t10-/m0/s1. The summed E-state index contributed by atoms with van der Waals surface area (Å²) in [5, 5.41) is -0.0941. The van der Waals surface area contributed by atoms with Crippen LogP contribution in [0.2, 0.25) is 5.02 Å². The number of carbonyl (C=O) groups excluding carboxylic acids is 1. The topological polar surface area (TPSA) is 72.5 Å². The number of rotatable bonds is 6. The number of sulfonamides is 1. The van der Waals surface area contributed by atoms with Crippen LogP contribution in [0, 0.1) is 5.82 Å². The maximum atomic E-state index is 13.1. The van der Waals surface area contributed by atoms with Crippen molar-refractivity contribution in [3.63, 3.8) is 0 Å². The molecule has 0 fully saturated rings. The average molecular weight is 372 g/mol. The van der Waals surface area contributed by atoms with Crippen molar-refractivity contribution in [3.8, 4) is 5.75 Å². The van der Waals surface area contributed by atoms with Crippen molar-refractivity contribution in [2.24, 2.45) is 0 Å². The summed E-state index contributed by atoms with van der Waals surface area (Å²) in [4.78, 5) is 12.3. The van der Waals surface area contributed by atoms with Crippen molar-refractivity contribution in [2.45, 2.75) is 13.0 Å². The minimum absolute atomic E-state index is 0.0941. The molecule has 1 atom stereocenters. The molecule has 0 aliphatic heterocycles. The molecule has 8 heteroatoms. The van der Waals surface area contributed by atoms with Crippen LogP contribution >= 0.6 is 11.6 Å². The van der Waals surface area contributed by atoms with Crippen molar-refractivity contribution in [1.29, 1.82) is 0 Å². The lowest BCUT2D eigenvalue weighted by molar-refractivity contribution is 0.0818. The number of benzene rings is 2. The maximum Gasteiger partial charge on any atom is 0.229 e. The van der Waals surface area contributed by atoms with Crippen molar-refractivity contribution < 1.29 is 22.3 Å². The number of hydrogen-bond acceptors (Lipinski definition) is 4. The van der Waals surface area contributed by atoms with E-state index in [-0.39, 0.29) is 16.6 Å².